The molecule has 4 rings (SSSR count). The molecular weight excluding hydrogens is 428 g/mol. The maximum Gasteiger partial charge on any atom is 0.291 e. The second-order valence-electron chi connectivity index (χ2n) is 6.18. The van der Waals surface area contributed by atoms with Gasteiger partial charge in [-0.2, -0.15) is 9.78 Å². The Morgan fingerprint density at radius 2 is 2.00 bits per heavy atom. The van der Waals surface area contributed by atoms with Crippen LogP contribution in [0.3, 0.4) is 0 Å². The fourth-order valence-corrected chi connectivity index (χ4v) is 3.56. The van der Waals surface area contributed by atoms with Crippen LogP contribution in [-0.4, -0.2) is 16.4 Å². The van der Waals surface area contributed by atoms with Gasteiger partial charge in [-0.15, -0.1) is 0 Å². The molecule has 0 bridgehead atoms. The minimum absolute atomic E-state index is 0.0812. The van der Waals surface area contributed by atoms with Crippen LogP contribution in [-0.2, 0) is 0 Å². The van der Waals surface area contributed by atoms with Gasteiger partial charge in [0.1, 0.15) is 5.02 Å². The number of hydrogen-bond acceptors (Lipinski definition) is 4. The summed E-state index contributed by atoms with van der Waals surface area (Å²) in [6.45, 7) is 0.393. The van der Waals surface area contributed by atoms with E-state index in [9.17, 15) is 9.18 Å². The second kappa shape index (κ2) is 7.62. The smallest absolute Gasteiger partial charge is 0.291 e. The van der Waals surface area contributed by atoms with Crippen molar-refractivity contribution in [1.82, 2.24) is 9.78 Å². The number of anilines is 1. The van der Waals surface area contributed by atoms with Crippen LogP contribution in [0.2, 0.25) is 15.1 Å². The minimum Gasteiger partial charge on any atom is -0.490 e. The van der Waals surface area contributed by atoms with E-state index in [-0.39, 0.29) is 21.8 Å². The van der Waals surface area contributed by atoms with Crippen LogP contribution in [0.15, 0.2) is 47.4 Å². The number of halogens is 4. The number of hydrogen-bond donors (Lipinski definition) is 1. The quantitative estimate of drug-likeness (QED) is 0.603. The maximum atomic E-state index is 14.0. The third-order valence-corrected chi connectivity index (χ3v) is 5.49. The molecule has 0 fully saturated rings. The number of nitrogens with one attached hydrogen (secondary N) is 1. The average molecular weight is 441 g/mol. The van der Waals surface area contributed by atoms with Crippen LogP contribution < -0.4 is 15.6 Å². The molecule has 0 saturated carbocycles. The molecule has 144 valence electrons. The van der Waals surface area contributed by atoms with Gasteiger partial charge in [0.2, 0.25) is 0 Å². The van der Waals surface area contributed by atoms with E-state index in [2.05, 4.69) is 10.4 Å². The molecule has 9 heteroatoms. The molecule has 1 atom stereocenters. The van der Waals surface area contributed by atoms with Gasteiger partial charge in [0.05, 0.1) is 40.3 Å². The Morgan fingerprint density at radius 3 is 2.79 bits per heavy atom. The SMILES string of the molecule is O=c1c(Cl)c(Cl)cnn1-c1ccc(N[C@H]2CCOc3c(F)cccc32)c(Cl)c1. The molecule has 2 aromatic carbocycles. The lowest BCUT2D eigenvalue weighted by Gasteiger charge is -2.28. The van der Waals surface area contributed by atoms with Crippen LogP contribution in [0.4, 0.5) is 10.1 Å². The van der Waals surface area contributed by atoms with E-state index in [1.807, 2.05) is 6.07 Å². The van der Waals surface area contributed by atoms with Gasteiger partial charge in [-0.3, -0.25) is 4.79 Å². The first-order valence-electron chi connectivity index (χ1n) is 8.36. The summed E-state index contributed by atoms with van der Waals surface area (Å²) < 4.78 is 20.5. The van der Waals surface area contributed by atoms with Crippen molar-refractivity contribution in [3.8, 4) is 11.4 Å². The predicted octanol–water partition coefficient (Wildman–Crippen LogP) is 5.27. The molecule has 0 unspecified atom stereocenters. The highest BCUT2D eigenvalue weighted by atomic mass is 35.5. The Balaban J connectivity index is 1.65. The first-order valence-corrected chi connectivity index (χ1v) is 9.50. The highest BCUT2D eigenvalue weighted by Crippen LogP contribution is 2.37. The van der Waals surface area contributed by atoms with Crippen LogP contribution in [0.1, 0.15) is 18.0 Å². The predicted molar refractivity (Wildman–Crippen MR) is 108 cm³/mol. The van der Waals surface area contributed by atoms with Crippen molar-refractivity contribution in [2.24, 2.45) is 0 Å². The molecule has 0 aliphatic carbocycles. The third kappa shape index (κ3) is 3.43. The van der Waals surface area contributed by atoms with Gasteiger partial charge in [-0.1, -0.05) is 46.9 Å². The molecule has 1 aliphatic rings. The molecule has 5 nitrogen and oxygen atoms in total. The summed E-state index contributed by atoms with van der Waals surface area (Å²) in [5.74, 6) is -0.138. The normalized spacial score (nSPS) is 15.6. The van der Waals surface area contributed by atoms with Gasteiger partial charge in [0.25, 0.3) is 5.56 Å². The van der Waals surface area contributed by atoms with Crippen LogP contribution in [0, 0.1) is 5.82 Å². The van der Waals surface area contributed by atoms with Crippen molar-refractivity contribution in [2.75, 3.05) is 11.9 Å². The molecule has 28 heavy (non-hydrogen) atoms. The summed E-state index contributed by atoms with van der Waals surface area (Å²) in [5.41, 5.74) is 1.27. The summed E-state index contributed by atoms with van der Waals surface area (Å²) in [7, 11) is 0. The van der Waals surface area contributed by atoms with Gasteiger partial charge < -0.3 is 10.1 Å². The zero-order valence-electron chi connectivity index (χ0n) is 14.3. The summed E-state index contributed by atoms with van der Waals surface area (Å²) >= 11 is 18.1. The third-order valence-electron chi connectivity index (χ3n) is 4.43. The van der Waals surface area contributed by atoms with E-state index in [1.54, 1.807) is 24.3 Å². The van der Waals surface area contributed by atoms with Crippen LogP contribution in [0.25, 0.3) is 5.69 Å². The number of fused-ring (bicyclic) bond motifs is 1. The van der Waals surface area contributed by atoms with E-state index in [4.69, 9.17) is 39.5 Å². The fraction of sp³-hybridized carbons (Fsp3) is 0.158. The lowest BCUT2D eigenvalue weighted by atomic mass is 10.00. The molecule has 1 N–H and O–H groups in total. The Labute approximate surface area is 174 Å². The number of rotatable bonds is 3. The fourth-order valence-electron chi connectivity index (χ4n) is 3.07. The second-order valence-corrected chi connectivity index (χ2v) is 7.37. The average Bonchev–Trinajstić information content (AvgIpc) is 2.69. The van der Waals surface area contributed by atoms with E-state index < -0.39 is 11.4 Å². The standard InChI is InChI=1S/C19H13Cl3FN3O2/c20-12-8-10(26-19(27)17(22)13(21)9-24-26)4-5-16(12)25-15-6-7-28-18-11(15)2-1-3-14(18)23/h1-5,8-9,15,25H,6-7H2/t15-/m0/s1. The minimum atomic E-state index is -0.542. The van der Waals surface area contributed by atoms with E-state index >= 15 is 0 Å². The van der Waals surface area contributed by atoms with Crippen molar-refractivity contribution in [3.63, 3.8) is 0 Å². The van der Waals surface area contributed by atoms with E-state index in [1.165, 1.54) is 12.3 Å². The number of aromatic nitrogens is 2. The zero-order valence-corrected chi connectivity index (χ0v) is 16.5. The van der Waals surface area contributed by atoms with Crippen LogP contribution in [0.5, 0.6) is 5.75 Å². The van der Waals surface area contributed by atoms with Gasteiger partial charge >= 0.3 is 0 Å². The zero-order chi connectivity index (χ0) is 19.8. The Hall–Kier alpha value is -2.28. The maximum absolute atomic E-state index is 14.0. The molecule has 0 amide bonds. The molecule has 3 aromatic rings. The monoisotopic (exact) mass is 439 g/mol. The number of ether oxygens (including phenoxy) is 1. The molecule has 1 aromatic heterocycles. The first-order chi connectivity index (χ1) is 13.5. The lowest BCUT2D eigenvalue weighted by molar-refractivity contribution is 0.260. The van der Waals surface area contributed by atoms with E-state index in [0.717, 1.165) is 10.2 Å². The largest absolute Gasteiger partial charge is 0.490 e. The number of benzene rings is 2. The van der Waals surface area contributed by atoms with Gasteiger partial charge in [0.15, 0.2) is 11.6 Å². The van der Waals surface area contributed by atoms with Crippen molar-refractivity contribution in [3.05, 3.63) is 79.4 Å². The number of nitrogens with zero attached hydrogens (tertiary/aromatic N) is 2. The summed E-state index contributed by atoms with van der Waals surface area (Å²) in [4.78, 5) is 12.2. The van der Waals surface area contributed by atoms with Crippen molar-refractivity contribution >= 4 is 40.5 Å². The molecule has 2 heterocycles. The van der Waals surface area contributed by atoms with Gasteiger partial charge in [-0.05, 0) is 24.3 Å². The molecule has 0 radical (unpaired) electrons. The summed E-state index contributed by atoms with van der Waals surface area (Å²) in [6, 6.07) is 9.66. The van der Waals surface area contributed by atoms with Gasteiger partial charge in [-0.25, -0.2) is 4.39 Å². The highest BCUT2D eigenvalue weighted by Gasteiger charge is 2.24. The molecule has 0 saturated heterocycles. The first kappa shape index (κ1) is 19.1. The topological polar surface area (TPSA) is 56.2 Å². The summed E-state index contributed by atoms with van der Waals surface area (Å²) in [5, 5.41) is 7.64. The Morgan fingerprint density at radius 1 is 1.18 bits per heavy atom. The van der Waals surface area contributed by atoms with Crippen molar-refractivity contribution in [2.45, 2.75) is 12.5 Å². The van der Waals surface area contributed by atoms with Crippen molar-refractivity contribution in [1.29, 1.82) is 0 Å². The Bertz CT molecular complexity index is 1120. The molecular formula is C19H13Cl3FN3O2. The molecule has 1 aliphatic heterocycles. The summed E-state index contributed by atoms with van der Waals surface area (Å²) in [6.07, 6.45) is 1.95. The van der Waals surface area contributed by atoms with E-state index in [0.29, 0.717) is 29.4 Å². The van der Waals surface area contributed by atoms with Crippen LogP contribution >= 0.6 is 34.8 Å². The lowest BCUT2D eigenvalue weighted by Crippen LogP contribution is -2.22. The number of para-hydroxylation sites is 1. The van der Waals surface area contributed by atoms with Gasteiger partial charge in [0, 0.05) is 12.0 Å². The Kier molecular flexibility index (Phi) is 5.19. The highest BCUT2D eigenvalue weighted by molar-refractivity contribution is 6.41. The van der Waals surface area contributed by atoms with Crippen molar-refractivity contribution < 1.29 is 9.13 Å². The molecule has 0 spiro atoms.